The third-order valence-corrected chi connectivity index (χ3v) is 5.36. The molecule has 0 unspecified atom stereocenters. The first-order chi connectivity index (χ1) is 13.5. The van der Waals surface area contributed by atoms with Crippen LogP contribution in [0.4, 0.5) is 0 Å². The molecule has 5 atom stereocenters. The van der Waals surface area contributed by atoms with E-state index in [1.165, 1.54) is 0 Å². The number of rotatable bonds is 14. The summed E-state index contributed by atoms with van der Waals surface area (Å²) in [5.74, 6) is -0.262. The molecule has 1 saturated carbocycles. The zero-order valence-corrected chi connectivity index (χ0v) is 17.2. The van der Waals surface area contributed by atoms with Crippen molar-refractivity contribution in [3.8, 4) is 0 Å². The van der Waals surface area contributed by atoms with Crippen molar-refractivity contribution in [3.05, 3.63) is 24.3 Å². The molecule has 1 fully saturated rings. The third-order valence-electron chi connectivity index (χ3n) is 5.36. The third kappa shape index (κ3) is 9.82. The highest BCUT2D eigenvalue weighted by molar-refractivity contribution is 5.75. The summed E-state index contributed by atoms with van der Waals surface area (Å²) in [6.45, 7) is 2.37. The molecule has 6 nitrogen and oxygen atoms in total. The number of aliphatic hydroxyl groups excluding tert-OH is 4. The summed E-state index contributed by atoms with van der Waals surface area (Å²) >= 11 is 0. The van der Waals surface area contributed by atoms with Gasteiger partial charge in [0.1, 0.15) is 0 Å². The van der Waals surface area contributed by atoms with Crippen LogP contribution in [0.5, 0.6) is 0 Å². The van der Waals surface area contributed by atoms with Crippen molar-refractivity contribution in [1.82, 2.24) is 5.32 Å². The lowest BCUT2D eigenvalue weighted by molar-refractivity contribution is -0.121. The maximum atomic E-state index is 11.4. The second-order valence-electron chi connectivity index (χ2n) is 7.73. The predicted molar refractivity (Wildman–Crippen MR) is 111 cm³/mol. The standard InChI is InChI=1S/C22H39NO5/c1-2-3-6-9-17(25)12-13-19-18(20(26)16-21(19)27)10-7-4-5-8-11-22(28)23-14-15-24/h4,7,12-13,17-21,24-27H,2-3,5-6,8-11,14-16H2,1H3,(H,23,28)/b7-4-,13-12+/t17-,18+,19-,20+,21+/m1/s1. The van der Waals surface area contributed by atoms with Gasteiger partial charge in [0, 0.05) is 25.3 Å². The monoisotopic (exact) mass is 397 g/mol. The number of amides is 1. The zero-order chi connectivity index (χ0) is 20.8. The van der Waals surface area contributed by atoms with Gasteiger partial charge in [0.2, 0.25) is 5.91 Å². The fourth-order valence-electron chi connectivity index (χ4n) is 3.70. The Kier molecular flexibility index (Phi) is 13.1. The number of hydrogen-bond acceptors (Lipinski definition) is 5. The van der Waals surface area contributed by atoms with E-state index in [9.17, 15) is 20.1 Å². The number of hydrogen-bond donors (Lipinski definition) is 5. The minimum absolute atomic E-state index is 0.0490. The lowest BCUT2D eigenvalue weighted by Crippen LogP contribution is -2.25. The molecule has 0 aromatic rings. The highest BCUT2D eigenvalue weighted by Gasteiger charge is 2.39. The average molecular weight is 398 g/mol. The van der Waals surface area contributed by atoms with Crippen molar-refractivity contribution < 1.29 is 25.2 Å². The molecule has 0 saturated heterocycles. The second kappa shape index (κ2) is 14.7. The van der Waals surface area contributed by atoms with Gasteiger partial charge in [-0.05, 0) is 31.6 Å². The quantitative estimate of drug-likeness (QED) is 0.228. The van der Waals surface area contributed by atoms with Gasteiger partial charge in [-0.25, -0.2) is 0 Å². The zero-order valence-electron chi connectivity index (χ0n) is 17.2. The molecule has 0 radical (unpaired) electrons. The maximum absolute atomic E-state index is 11.4. The Balaban J connectivity index is 2.39. The van der Waals surface area contributed by atoms with Crippen molar-refractivity contribution >= 4 is 5.91 Å². The van der Waals surface area contributed by atoms with E-state index < -0.39 is 18.3 Å². The van der Waals surface area contributed by atoms with Crippen LogP contribution in [0.2, 0.25) is 0 Å². The predicted octanol–water partition coefficient (Wildman–Crippen LogP) is 2.07. The minimum Gasteiger partial charge on any atom is -0.395 e. The van der Waals surface area contributed by atoms with Gasteiger partial charge in [0.05, 0.1) is 24.9 Å². The molecule has 0 aromatic heterocycles. The number of aliphatic hydroxyl groups is 4. The van der Waals surface area contributed by atoms with Crippen LogP contribution in [0.15, 0.2) is 24.3 Å². The van der Waals surface area contributed by atoms with E-state index >= 15 is 0 Å². The van der Waals surface area contributed by atoms with E-state index in [1.807, 2.05) is 18.2 Å². The summed E-state index contributed by atoms with van der Waals surface area (Å²) in [7, 11) is 0. The highest BCUT2D eigenvalue weighted by atomic mass is 16.3. The van der Waals surface area contributed by atoms with Crippen LogP contribution in [0.1, 0.15) is 64.7 Å². The van der Waals surface area contributed by atoms with Gasteiger partial charge in [-0.1, -0.05) is 50.5 Å². The average Bonchev–Trinajstić information content (AvgIpc) is 2.94. The van der Waals surface area contributed by atoms with Gasteiger partial charge in [-0.15, -0.1) is 0 Å². The van der Waals surface area contributed by atoms with Gasteiger partial charge >= 0.3 is 0 Å². The Labute approximate surface area is 169 Å². The Hall–Kier alpha value is -1.21. The number of allylic oxidation sites excluding steroid dienone is 2. The summed E-state index contributed by atoms with van der Waals surface area (Å²) in [6, 6.07) is 0. The Bertz CT molecular complexity index is 480. The van der Waals surface area contributed by atoms with Crippen molar-refractivity contribution in [2.75, 3.05) is 13.2 Å². The van der Waals surface area contributed by atoms with Crippen LogP contribution in [-0.2, 0) is 4.79 Å². The number of unbranched alkanes of at least 4 members (excludes halogenated alkanes) is 3. The summed E-state index contributed by atoms with van der Waals surface area (Å²) in [4.78, 5) is 11.4. The van der Waals surface area contributed by atoms with Crippen LogP contribution in [-0.4, -0.2) is 57.8 Å². The summed E-state index contributed by atoms with van der Waals surface area (Å²) in [5.41, 5.74) is 0. The van der Waals surface area contributed by atoms with Gasteiger partial charge in [0.15, 0.2) is 0 Å². The van der Waals surface area contributed by atoms with Gasteiger partial charge in [0.25, 0.3) is 0 Å². The number of nitrogens with one attached hydrogen (secondary N) is 1. The van der Waals surface area contributed by atoms with E-state index in [0.29, 0.717) is 25.8 Å². The molecule has 1 amide bonds. The van der Waals surface area contributed by atoms with Crippen LogP contribution >= 0.6 is 0 Å². The highest BCUT2D eigenvalue weighted by Crippen LogP contribution is 2.36. The smallest absolute Gasteiger partial charge is 0.220 e. The lowest BCUT2D eigenvalue weighted by Gasteiger charge is -2.19. The fourth-order valence-corrected chi connectivity index (χ4v) is 3.70. The molecule has 28 heavy (non-hydrogen) atoms. The van der Waals surface area contributed by atoms with E-state index in [4.69, 9.17) is 5.11 Å². The van der Waals surface area contributed by atoms with Gasteiger partial charge in [-0.3, -0.25) is 4.79 Å². The second-order valence-corrected chi connectivity index (χ2v) is 7.73. The van der Waals surface area contributed by atoms with E-state index in [-0.39, 0.29) is 24.3 Å². The first kappa shape index (κ1) is 24.8. The molecular formula is C22H39NO5. The van der Waals surface area contributed by atoms with E-state index in [1.54, 1.807) is 6.08 Å². The van der Waals surface area contributed by atoms with Crippen LogP contribution in [0.25, 0.3) is 0 Å². The number of carbonyl (C=O) groups excluding carboxylic acids is 1. The molecule has 0 spiro atoms. The van der Waals surface area contributed by atoms with E-state index in [2.05, 4.69) is 12.2 Å². The first-order valence-corrected chi connectivity index (χ1v) is 10.7. The summed E-state index contributed by atoms with van der Waals surface area (Å²) in [6.07, 6.45) is 12.9. The SMILES string of the molecule is CCCCC[C@@H](O)/C=C/[C@@H]1[C@H](C/C=C\CCCC(=O)NCCO)[C@@H](O)C[C@@H]1O. The molecular weight excluding hydrogens is 358 g/mol. The molecule has 0 aromatic carbocycles. The number of carbonyl (C=O) groups is 1. The van der Waals surface area contributed by atoms with Crippen molar-refractivity contribution in [1.29, 1.82) is 0 Å². The Morgan fingerprint density at radius 2 is 1.96 bits per heavy atom. The molecule has 1 rings (SSSR count). The van der Waals surface area contributed by atoms with Crippen LogP contribution < -0.4 is 5.32 Å². The largest absolute Gasteiger partial charge is 0.395 e. The van der Waals surface area contributed by atoms with Gasteiger partial charge < -0.3 is 25.7 Å². The molecule has 0 heterocycles. The van der Waals surface area contributed by atoms with Crippen molar-refractivity contribution in [2.45, 2.75) is 83.0 Å². The lowest BCUT2D eigenvalue weighted by atomic mass is 9.89. The minimum atomic E-state index is -0.581. The maximum Gasteiger partial charge on any atom is 0.220 e. The van der Waals surface area contributed by atoms with Crippen LogP contribution in [0, 0.1) is 11.8 Å². The summed E-state index contributed by atoms with van der Waals surface area (Å²) in [5, 5.41) is 41.8. The van der Waals surface area contributed by atoms with E-state index in [0.717, 1.165) is 38.5 Å². The topological polar surface area (TPSA) is 110 Å². The molecule has 1 aliphatic rings. The van der Waals surface area contributed by atoms with Crippen molar-refractivity contribution in [2.24, 2.45) is 11.8 Å². The Morgan fingerprint density at radius 1 is 1.18 bits per heavy atom. The molecule has 0 bridgehead atoms. The van der Waals surface area contributed by atoms with Crippen molar-refractivity contribution in [3.63, 3.8) is 0 Å². The Morgan fingerprint density at radius 3 is 2.68 bits per heavy atom. The normalized spacial score (nSPS) is 26.3. The molecule has 5 N–H and O–H groups in total. The fraction of sp³-hybridized carbons (Fsp3) is 0.773. The van der Waals surface area contributed by atoms with Crippen LogP contribution in [0.3, 0.4) is 0 Å². The summed E-state index contributed by atoms with van der Waals surface area (Å²) < 4.78 is 0. The molecule has 0 aliphatic heterocycles. The molecule has 6 heteroatoms. The van der Waals surface area contributed by atoms with Gasteiger partial charge in [-0.2, -0.15) is 0 Å². The first-order valence-electron chi connectivity index (χ1n) is 10.7. The molecule has 1 aliphatic carbocycles. The molecule has 162 valence electrons.